The number of hydrogen-bond acceptors (Lipinski definition) is 7. The second-order valence-corrected chi connectivity index (χ2v) is 6.86. The number of amides is 1. The predicted molar refractivity (Wildman–Crippen MR) is 103 cm³/mol. The van der Waals surface area contributed by atoms with Crippen LogP contribution in [0.15, 0.2) is 42.6 Å². The number of para-hydroxylation sites is 1. The number of anilines is 1. The highest BCUT2D eigenvalue weighted by molar-refractivity contribution is 7.15. The molecule has 0 atom stereocenters. The Bertz CT molecular complexity index is 1120. The first-order valence-corrected chi connectivity index (χ1v) is 8.98. The normalized spacial score (nSPS) is 11.0. The Kier molecular flexibility index (Phi) is 4.61. The third-order valence-electron chi connectivity index (χ3n) is 4.00. The van der Waals surface area contributed by atoms with Crippen LogP contribution in [0.25, 0.3) is 22.3 Å². The van der Waals surface area contributed by atoms with Gasteiger partial charge in [0.05, 0.1) is 22.5 Å². The molecule has 0 spiro atoms. The summed E-state index contributed by atoms with van der Waals surface area (Å²) in [7, 11) is 3.42. The van der Waals surface area contributed by atoms with Crippen molar-refractivity contribution in [2.75, 3.05) is 12.4 Å². The molecule has 3 heterocycles. The SMILES string of the molecule is COCc1nnc(NC(=O)c2cc(-c3ccnn3C)nc3ccccc23)s1. The van der Waals surface area contributed by atoms with Gasteiger partial charge in [0.2, 0.25) is 5.13 Å². The zero-order valence-electron chi connectivity index (χ0n) is 14.7. The van der Waals surface area contributed by atoms with Crippen LogP contribution in [-0.2, 0) is 18.4 Å². The molecule has 0 unspecified atom stereocenters. The van der Waals surface area contributed by atoms with E-state index in [1.807, 2.05) is 37.4 Å². The number of nitrogens with one attached hydrogen (secondary N) is 1. The van der Waals surface area contributed by atoms with E-state index >= 15 is 0 Å². The highest BCUT2D eigenvalue weighted by atomic mass is 32.1. The van der Waals surface area contributed by atoms with E-state index < -0.39 is 0 Å². The molecule has 1 amide bonds. The largest absolute Gasteiger partial charge is 0.377 e. The molecule has 8 nitrogen and oxygen atoms in total. The monoisotopic (exact) mass is 380 g/mol. The molecule has 0 saturated heterocycles. The minimum atomic E-state index is -0.267. The zero-order chi connectivity index (χ0) is 18.8. The van der Waals surface area contributed by atoms with E-state index in [9.17, 15) is 4.79 Å². The zero-order valence-corrected chi connectivity index (χ0v) is 15.5. The van der Waals surface area contributed by atoms with Crippen molar-refractivity contribution in [3.05, 3.63) is 53.2 Å². The van der Waals surface area contributed by atoms with Crippen molar-refractivity contribution in [1.29, 1.82) is 0 Å². The number of pyridine rings is 1. The number of carbonyl (C=O) groups is 1. The number of rotatable bonds is 5. The van der Waals surface area contributed by atoms with E-state index in [-0.39, 0.29) is 5.91 Å². The number of nitrogens with zero attached hydrogens (tertiary/aromatic N) is 5. The van der Waals surface area contributed by atoms with Gasteiger partial charge in [0.15, 0.2) is 0 Å². The Hall–Kier alpha value is -3.17. The smallest absolute Gasteiger partial charge is 0.258 e. The van der Waals surface area contributed by atoms with E-state index in [0.717, 1.165) is 16.6 Å². The minimum Gasteiger partial charge on any atom is -0.377 e. The fourth-order valence-corrected chi connectivity index (χ4v) is 3.48. The molecule has 0 aliphatic carbocycles. The molecule has 1 N–H and O–H groups in total. The standard InChI is InChI=1S/C18H16N6O2S/c1-24-15(7-8-19-24)14-9-12(11-5-3-4-6-13(11)20-14)17(25)21-18-23-22-16(27-18)10-26-2/h3-9H,10H2,1-2H3,(H,21,23,25). The number of ether oxygens (including phenoxy) is 1. The number of methoxy groups -OCH3 is 1. The van der Waals surface area contributed by atoms with Gasteiger partial charge in [0.25, 0.3) is 5.91 Å². The average molecular weight is 380 g/mol. The Morgan fingerprint density at radius 1 is 1.26 bits per heavy atom. The number of benzene rings is 1. The molecule has 4 rings (SSSR count). The van der Waals surface area contributed by atoms with Gasteiger partial charge in [-0.25, -0.2) is 4.98 Å². The van der Waals surface area contributed by atoms with Crippen LogP contribution >= 0.6 is 11.3 Å². The third kappa shape index (κ3) is 3.42. The van der Waals surface area contributed by atoms with E-state index in [2.05, 4.69) is 25.6 Å². The maximum atomic E-state index is 12.9. The molecule has 1 aromatic carbocycles. The van der Waals surface area contributed by atoms with Crippen LogP contribution in [0.5, 0.6) is 0 Å². The quantitative estimate of drug-likeness (QED) is 0.572. The van der Waals surface area contributed by atoms with Gasteiger partial charge in [0.1, 0.15) is 11.6 Å². The van der Waals surface area contributed by atoms with Crippen molar-refractivity contribution in [2.45, 2.75) is 6.61 Å². The third-order valence-corrected chi connectivity index (χ3v) is 4.81. The summed E-state index contributed by atoms with van der Waals surface area (Å²) in [5.74, 6) is -0.267. The van der Waals surface area contributed by atoms with Crippen LogP contribution in [0, 0.1) is 0 Å². The Morgan fingerprint density at radius 2 is 2.11 bits per heavy atom. The van der Waals surface area contributed by atoms with Crippen molar-refractivity contribution in [1.82, 2.24) is 25.0 Å². The average Bonchev–Trinajstić information content (AvgIpc) is 3.30. The van der Waals surface area contributed by atoms with E-state index in [1.165, 1.54) is 11.3 Å². The van der Waals surface area contributed by atoms with Crippen LogP contribution in [-0.4, -0.2) is 38.0 Å². The lowest BCUT2D eigenvalue weighted by molar-refractivity contribution is 0.102. The summed E-state index contributed by atoms with van der Waals surface area (Å²) >= 11 is 1.28. The second kappa shape index (κ2) is 7.22. The van der Waals surface area contributed by atoms with Gasteiger partial charge < -0.3 is 4.74 Å². The first kappa shape index (κ1) is 17.3. The summed E-state index contributed by atoms with van der Waals surface area (Å²) in [6, 6.07) is 11.2. The van der Waals surface area contributed by atoms with Gasteiger partial charge in [-0.3, -0.25) is 14.8 Å². The highest BCUT2D eigenvalue weighted by Gasteiger charge is 2.17. The molecule has 9 heteroatoms. The molecule has 0 saturated carbocycles. The second-order valence-electron chi connectivity index (χ2n) is 5.80. The summed E-state index contributed by atoms with van der Waals surface area (Å²) in [6.45, 7) is 0.358. The molecule has 4 aromatic rings. The van der Waals surface area contributed by atoms with Gasteiger partial charge in [-0.05, 0) is 18.2 Å². The molecule has 0 aliphatic rings. The molecule has 0 bridgehead atoms. The summed E-state index contributed by atoms with van der Waals surface area (Å²) < 4.78 is 6.76. The van der Waals surface area contributed by atoms with Crippen molar-refractivity contribution in [3.63, 3.8) is 0 Å². The lowest BCUT2D eigenvalue weighted by atomic mass is 10.1. The molecule has 136 valence electrons. The van der Waals surface area contributed by atoms with E-state index in [4.69, 9.17) is 4.74 Å². The fraction of sp³-hybridized carbons (Fsp3) is 0.167. The Morgan fingerprint density at radius 3 is 2.89 bits per heavy atom. The maximum absolute atomic E-state index is 12.9. The van der Waals surface area contributed by atoms with Gasteiger partial charge in [-0.2, -0.15) is 5.10 Å². The molecule has 3 aromatic heterocycles. The topological polar surface area (TPSA) is 94.8 Å². The van der Waals surface area contributed by atoms with E-state index in [0.29, 0.717) is 28.0 Å². The van der Waals surface area contributed by atoms with Crippen LogP contribution < -0.4 is 5.32 Å². The molecule has 27 heavy (non-hydrogen) atoms. The lowest BCUT2D eigenvalue weighted by Crippen LogP contribution is -2.13. The van der Waals surface area contributed by atoms with Crippen molar-refractivity contribution >= 4 is 33.3 Å². The molecule has 0 radical (unpaired) electrons. The number of aromatic nitrogens is 5. The summed E-state index contributed by atoms with van der Waals surface area (Å²) in [6.07, 6.45) is 1.70. The summed E-state index contributed by atoms with van der Waals surface area (Å²) in [5, 5.41) is 16.9. The van der Waals surface area contributed by atoms with Gasteiger partial charge >= 0.3 is 0 Å². The van der Waals surface area contributed by atoms with Crippen LogP contribution in [0.4, 0.5) is 5.13 Å². The van der Waals surface area contributed by atoms with Crippen LogP contribution in [0.2, 0.25) is 0 Å². The first-order chi connectivity index (χ1) is 13.2. The molecule has 0 fully saturated rings. The van der Waals surface area contributed by atoms with Gasteiger partial charge in [-0.15, -0.1) is 10.2 Å². The summed E-state index contributed by atoms with van der Waals surface area (Å²) in [4.78, 5) is 17.6. The first-order valence-electron chi connectivity index (χ1n) is 8.16. The predicted octanol–water partition coefficient (Wildman–Crippen LogP) is 2.89. The molecular formula is C18H16N6O2S. The number of aryl methyl sites for hydroxylation is 1. The summed E-state index contributed by atoms with van der Waals surface area (Å²) in [5.41, 5.74) is 2.75. The lowest BCUT2D eigenvalue weighted by Gasteiger charge is -2.09. The minimum absolute atomic E-state index is 0.267. The fourth-order valence-electron chi connectivity index (χ4n) is 2.77. The maximum Gasteiger partial charge on any atom is 0.258 e. The Balaban J connectivity index is 1.75. The van der Waals surface area contributed by atoms with Crippen LogP contribution in [0.1, 0.15) is 15.4 Å². The Labute approximate surface area is 158 Å². The van der Waals surface area contributed by atoms with Crippen LogP contribution in [0.3, 0.4) is 0 Å². The van der Waals surface area contributed by atoms with E-state index in [1.54, 1.807) is 24.1 Å². The molecular weight excluding hydrogens is 364 g/mol. The number of carbonyl (C=O) groups excluding carboxylic acids is 1. The van der Waals surface area contributed by atoms with Crippen molar-refractivity contribution in [3.8, 4) is 11.4 Å². The van der Waals surface area contributed by atoms with Gasteiger partial charge in [-0.1, -0.05) is 29.5 Å². The number of fused-ring (bicyclic) bond motifs is 1. The van der Waals surface area contributed by atoms with Gasteiger partial charge in [0, 0.05) is 25.7 Å². The molecule has 0 aliphatic heterocycles. The number of hydrogen-bond donors (Lipinski definition) is 1. The van der Waals surface area contributed by atoms with Crippen molar-refractivity contribution < 1.29 is 9.53 Å². The highest BCUT2D eigenvalue weighted by Crippen LogP contribution is 2.26. The van der Waals surface area contributed by atoms with Crippen molar-refractivity contribution in [2.24, 2.45) is 7.05 Å².